The largest absolute Gasteiger partial charge is 0.368 e. The van der Waals surface area contributed by atoms with Gasteiger partial charge in [-0.3, -0.25) is 0 Å². The fourth-order valence-corrected chi connectivity index (χ4v) is 3.56. The molecule has 1 aliphatic rings. The molecule has 0 bridgehead atoms. The van der Waals surface area contributed by atoms with Crippen molar-refractivity contribution in [2.45, 2.75) is 5.60 Å². The summed E-state index contributed by atoms with van der Waals surface area (Å²) in [5.41, 5.74) is 1.82. The van der Waals surface area contributed by atoms with Gasteiger partial charge in [0.05, 0.1) is 25.0 Å². The van der Waals surface area contributed by atoms with E-state index in [2.05, 4.69) is 30.5 Å². The summed E-state index contributed by atoms with van der Waals surface area (Å²) in [7, 11) is 3.54. The van der Waals surface area contributed by atoms with Crippen molar-refractivity contribution < 1.29 is 9.13 Å². The molecule has 142 valence electrons. The van der Waals surface area contributed by atoms with Crippen molar-refractivity contribution in [2.24, 2.45) is 7.05 Å². The molecule has 1 fully saturated rings. The van der Waals surface area contributed by atoms with E-state index in [1.165, 1.54) is 12.1 Å². The van der Waals surface area contributed by atoms with Gasteiger partial charge in [0.2, 0.25) is 0 Å². The minimum atomic E-state index is -0.470. The fourth-order valence-electron chi connectivity index (χ4n) is 3.56. The molecule has 0 aliphatic carbocycles. The lowest BCUT2D eigenvalue weighted by atomic mass is 9.90. The third-order valence-corrected chi connectivity index (χ3v) is 5.14. The van der Waals surface area contributed by atoms with Crippen LogP contribution in [0.25, 0.3) is 17.0 Å². The van der Waals surface area contributed by atoms with Gasteiger partial charge in [-0.1, -0.05) is 5.21 Å². The molecule has 1 aliphatic heterocycles. The lowest BCUT2D eigenvalue weighted by Gasteiger charge is -2.48. The SMILES string of the molecule is COC1(c2cnnn2C)CN(c2ccc3nnc(-c4ccc(F)cc4)n3n2)C1. The number of hydrogen-bond acceptors (Lipinski definition) is 7. The maximum absolute atomic E-state index is 13.2. The van der Waals surface area contributed by atoms with E-state index < -0.39 is 5.60 Å². The molecule has 4 aromatic rings. The highest BCUT2D eigenvalue weighted by Gasteiger charge is 2.48. The quantitative estimate of drug-likeness (QED) is 0.529. The molecule has 0 spiro atoms. The zero-order valence-corrected chi connectivity index (χ0v) is 15.3. The van der Waals surface area contributed by atoms with E-state index in [0.717, 1.165) is 17.1 Å². The molecular weight excluding hydrogens is 363 g/mol. The highest BCUT2D eigenvalue weighted by molar-refractivity contribution is 5.60. The molecule has 1 aromatic carbocycles. The molecule has 1 saturated heterocycles. The van der Waals surface area contributed by atoms with Gasteiger partial charge in [0.25, 0.3) is 0 Å². The summed E-state index contributed by atoms with van der Waals surface area (Å²) >= 11 is 0. The van der Waals surface area contributed by atoms with Crippen molar-refractivity contribution in [2.75, 3.05) is 25.1 Å². The van der Waals surface area contributed by atoms with Gasteiger partial charge in [0.1, 0.15) is 17.2 Å². The lowest BCUT2D eigenvalue weighted by Crippen LogP contribution is -2.61. The molecular formula is C18H17FN8O. The molecule has 3 aromatic heterocycles. The van der Waals surface area contributed by atoms with E-state index in [0.29, 0.717) is 24.6 Å². The van der Waals surface area contributed by atoms with Crippen molar-refractivity contribution in [1.82, 2.24) is 34.8 Å². The Morgan fingerprint density at radius 3 is 2.54 bits per heavy atom. The van der Waals surface area contributed by atoms with Gasteiger partial charge in [-0.15, -0.1) is 20.4 Å². The van der Waals surface area contributed by atoms with Crippen molar-refractivity contribution >= 4 is 11.5 Å². The predicted molar refractivity (Wildman–Crippen MR) is 98.1 cm³/mol. The van der Waals surface area contributed by atoms with Crippen LogP contribution in [0.1, 0.15) is 5.69 Å². The molecule has 10 heteroatoms. The minimum absolute atomic E-state index is 0.299. The second-order valence-corrected chi connectivity index (χ2v) is 6.79. The van der Waals surface area contributed by atoms with Crippen LogP contribution in [0.3, 0.4) is 0 Å². The van der Waals surface area contributed by atoms with E-state index in [1.54, 1.807) is 34.6 Å². The van der Waals surface area contributed by atoms with Crippen LogP contribution in [0, 0.1) is 5.82 Å². The zero-order chi connectivity index (χ0) is 19.3. The van der Waals surface area contributed by atoms with Crippen LogP contribution in [0.5, 0.6) is 0 Å². The topological polar surface area (TPSA) is 86.3 Å². The Labute approximate surface area is 159 Å². The maximum Gasteiger partial charge on any atom is 0.185 e. The number of rotatable bonds is 4. The minimum Gasteiger partial charge on any atom is -0.368 e. The second kappa shape index (κ2) is 6.06. The smallest absolute Gasteiger partial charge is 0.185 e. The summed E-state index contributed by atoms with van der Waals surface area (Å²) in [6.07, 6.45) is 1.73. The number of benzene rings is 1. The first-order chi connectivity index (χ1) is 13.6. The normalized spacial score (nSPS) is 15.8. The van der Waals surface area contributed by atoms with Crippen LogP contribution in [-0.4, -0.2) is 55.0 Å². The average Bonchev–Trinajstić information content (AvgIpc) is 3.29. The van der Waals surface area contributed by atoms with Gasteiger partial charge in [-0.05, 0) is 36.4 Å². The lowest BCUT2D eigenvalue weighted by molar-refractivity contribution is -0.0448. The van der Waals surface area contributed by atoms with Gasteiger partial charge in [0, 0.05) is 19.7 Å². The molecule has 0 atom stereocenters. The zero-order valence-electron chi connectivity index (χ0n) is 15.3. The van der Waals surface area contributed by atoms with E-state index in [9.17, 15) is 4.39 Å². The molecule has 0 N–H and O–H groups in total. The number of aromatic nitrogens is 7. The molecule has 0 radical (unpaired) electrons. The highest BCUT2D eigenvalue weighted by atomic mass is 19.1. The van der Waals surface area contributed by atoms with Crippen molar-refractivity contribution in [3.63, 3.8) is 0 Å². The van der Waals surface area contributed by atoms with Gasteiger partial charge in [-0.25, -0.2) is 9.07 Å². The van der Waals surface area contributed by atoms with Crippen LogP contribution < -0.4 is 4.90 Å². The van der Waals surface area contributed by atoms with E-state index >= 15 is 0 Å². The Bertz CT molecular complexity index is 1150. The van der Waals surface area contributed by atoms with Crippen LogP contribution >= 0.6 is 0 Å². The van der Waals surface area contributed by atoms with Crippen LogP contribution in [0.2, 0.25) is 0 Å². The summed E-state index contributed by atoms with van der Waals surface area (Å²) in [6, 6.07) is 9.87. The molecule has 0 saturated carbocycles. The highest BCUT2D eigenvalue weighted by Crippen LogP contribution is 2.37. The first kappa shape index (κ1) is 16.8. The number of methoxy groups -OCH3 is 1. The van der Waals surface area contributed by atoms with Crippen molar-refractivity contribution in [3.8, 4) is 11.4 Å². The molecule has 0 amide bonds. The van der Waals surface area contributed by atoms with Crippen LogP contribution in [-0.2, 0) is 17.4 Å². The second-order valence-electron chi connectivity index (χ2n) is 6.79. The summed E-state index contributed by atoms with van der Waals surface area (Å²) in [6.45, 7) is 1.24. The number of anilines is 1. The van der Waals surface area contributed by atoms with Crippen LogP contribution in [0.15, 0.2) is 42.6 Å². The molecule has 28 heavy (non-hydrogen) atoms. The Morgan fingerprint density at radius 2 is 1.86 bits per heavy atom. The Hall–Kier alpha value is -3.40. The first-order valence-corrected chi connectivity index (χ1v) is 8.73. The van der Waals surface area contributed by atoms with Crippen LogP contribution in [0.4, 0.5) is 10.2 Å². The molecule has 0 unspecified atom stereocenters. The van der Waals surface area contributed by atoms with E-state index in [-0.39, 0.29) is 5.82 Å². The van der Waals surface area contributed by atoms with E-state index in [1.807, 2.05) is 19.2 Å². The molecule has 4 heterocycles. The van der Waals surface area contributed by atoms with Gasteiger partial charge < -0.3 is 9.64 Å². The number of fused-ring (bicyclic) bond motifs is 1. The monoisotopic (exact) mass is 380 g/mol. The van der Waals surface area contributed by atoms with Crippen molar-refractivity contribution in [3.05, 3.63) is 54.1 Å². The number of nitrogens with zero attached hydrogens (tertiary/aromatic N) is 8. The summed E-state index contributed by atoms with van der Waals surface area (Å²) < 4.78 is 22.4. The number of hydrogen-bond donors (Lipinski definition) is 0. The van der Waals surface area contributed by atoms with Gasteiger partial charge >= 0.3 is 0 Å². The van der Waals surface area contributed by atoms with Gasteiger partial charge in [-0.2, -0.15) is 4.52 Å². The average molecular weight is 380 g/mol. The Balaban J connectivity index is 1.47. The fraction of sp³-hybridized carbons (Fsp3) is 0.278. The third-order valence-electron chi connectivity index (χ3n) is 5.14. The third kappa shape index (κ3) is 2.45. The standard InChI is InChI=1S/C18H17FN8O/c1-25-14(9-20-24-25)18(28-2)10-26(11-18)16-8-7-15-21-22-17(27(15)23-16)12-3-5-13(19)6-4-12/h3-9H,10-11H2,1-2H3. The Morgan fingerprint density at radius 1 is 1.07 bits per heavy atom. The predicted octanol–water partition coefficient (Wildman–Crippen LogP) is 1.42. The maximum atomic E-state index is 13.2. The Kier molecular flexibility index (Phi) is 3.63. The van der Waals surface area contributed by atoms with Gasteiger partial charge in [0.15, 0.2) is 11.5 Å². The molecule has 9 nitrogen and oxygen atoms in total. The summed E-state index contributed by atoms with van der Waals surface area (Å²) in [5.74, 6) is 1.04. The molecule has 5 rings (SSSR count). The first-order valence-electron chi connectivity index (χ1n) is 8.73. The number of aryl methyl sites for hydroxylation is 1. The van der Waals surface area contributed by atoms with Crippen molar-refractivity contribution in [1.29, 1.82) is 0 Å². The summed E-state index contributed by atoms with van der Waals surface area (Å²) in [5, 5.41) is 21.0. The van der Waals surface area contributed by atoms with E-state index in [4.69, 9.17) is 4.74 Å². The number of halogens is 1. The number of ether oxygens (including phenoxy) is 1. The summed E-state index contributed by atoms with van der Waals surface area (Å²) in [4.78, 5) is 2.10.